The number of carbonyl (C=O) groups is 2. The lowest BCUT2D eigenvalue weighted by Gasteiger charge is -2.13. The van der Waals surface area contributed by atoms with Crippen LogP contribution in [0.5, 0.6) is 0 Å². The van der Waals surface area contributed by atoms with Gasteiger partial charge in [-0.3, -0.25) is 4.79 Å². The zero-order valence-corrected chi connectivity index (χ0v) is 12.8. The van der Waals surface area contributed by atoms with Gasteiger partial charge >= 0.3 is 11.7 Å². The molecule has 0 saturated carbocycles. The number of hydrogen-bond donors (Lipinski definition) is 1. The smallest absolute Gasteiger partial charge is 0.405 e. The highest BCUT2D eigenvalue weighted by atomic mass is 16.5. The number of benzene rings is 1. The Kier molecular flexibility index (Phi) is 5.68. The molecule has 2 aromatic rings. The first kappa shape index (κ1) is 16.5. The Morgan fingerprint density at radius 1 is 1.17 bits per heavy atom. The summed E-state index contributed by atoms with van der Waals surface area (Å²) in [6, 6.07) is 14.2. The van der Waals surface area contributed by atoms with Crippen molar-refractivity contribution < 1.29 is 19.1 Å². The normalized spacial score (nSPS) is 11.5. The topological polar surface area (TPSA) is 82.3 Å². The predicted molar refractivity (Wildman–Crippen MR) is 83.6 cm³/mol. The lowest BCUT2D eigenvalue weighted by molar-refractivity contribution is -0.608. The van der Waals surface area contributed by atoms with Crippen molar-refractivity contribution in [2.75, 3.05) is 13.2 Å². The van der Waals surface area contributed by atoms with Crippen molar-refractivity contribution in [1.82, 2.24) is 5.32 Å². The molecule has 1 atom stereocenters. The van der Waals surface area contributed by atoms with E-state index in [1.807, 2.05) is 37.3 Å². The first-order chi connectivity index (χ1) is 11.1. The van der Waals surface area contributed by atoms with E-state index in [1.165, 1.54) is 18.3 Å². The fourth-order valence-corrected chi connectivity index (χ4v) is 2.01. The number of aromatic nitrogens is 1. The average Bonchev–Trinajstić information content (AvgIpc) is 2.58. The van der Waals surface area contributed by atoms with Gasteiger partial charge in [0, 0.05) is 18.7 Å². The zero-order valence-electron chi connectivity index (χ0n) is 12.8. The standard InChI is InChI=1S/C17H18N2O4/c1-13(14-7-3-2-4-8-14)11-18-16(20)12-23-17(21)15-9-5-6-10-19(15)22/h2-10,13H,11-12H2,1H3,(H,18,20)/t13-/m1/s1. The van der Waals surface area contributed by atoms with E-state index in [9.17, 15) is 14.8 Å². The van der Waals surface area contributed by atoms with Gasteiger partial charge in [-0.1, -0.05) is 37.3 Å². The molecular weight excluding hydrogens is 296 g/mol. The minimum absolute atomic E-state index is 0.147. The fourth-order valence-electron chi connectivity index (χ4n) is 2.01. The van der Waals surface area contributed by atoms with E-state index in [1.54, 1.807) is 6.07 Å². The third-order valence-electron chi connectivity index (χ3n) is 3.34. The number of nitrogens with zero attached hydrogens (tertiary/aromatic N) is 1. The third-order valence-corrected chi connectivity index (χ3v) is 3.34. The molecule has 23 heavy (non-hydrogen) atoms. The quantitative estimate of drug-likeness (QED) is 0.496. The molecule has 6 nitrogen and oxygen atoms in total. The second-order valence-electron chi connectivity index (χ2n) is 5.10. The summed E-state index contributed by atoms with van der Waals surface area (Å²) in [7, 11) is 0. The van der Waals surface area contributed by atoms with Crippen LogP contribution in [0.3, 0.4) is 0 Å². The van der Waals surface area contributed by atoms with Crippen molar-refractivity contribution in [3.8, 4) is 0 Å². The molecule has 0 saturated heterocycles. The molecule has 0 aliphatic carbocycles. The van der Waals surface area contributed by atoms with Crippen molar-refractivity contribution in [3.63, 3.8) is 0 Å². The molecule has 1 aromatic carbocycles. The van der Waals surface area contributed by atoms with Crippen molar-refractivity contribution in [2.24, 2.45) is 0 Å². The highest BCUT2D eigenvalue weighted by molar-refractivity contribution is 5.88. The van der Waals surface area contributed by atoms with Crippen molar-refractivity contribution in [1.29, 1.82) is 0 Å². The van der Waals surface area contributed by atoms with Gasteiger partial charge in [0.1, 0.15) is 0 Å². The van der Waals surface area contributed by atoms with Crippen LogP contribution in [0, 0.1) is 5.21 Å². The first-order valence-corrected chi connectivity index (χ1v) is 7.25. The second-order valence-corrected chi connectivity index (χ2v) is 5.10. The molecule has 0 unspecified atom stereocenters. The van der Waals surface area contributed by atoms with Gasteiger partial charge in [-0.05, 0) is 17.5 Å². The van der Waals surface area contributed by atoms with Crippen LogP contribution in [-0.2, 0) is 9.53 Å². The maximum absolute atomic E-state index is 11.7. The largest absolute Gasteiger partial charge is 0.618 e. The van der Waals surface area contributed by atoms with Gasteiger partial charge in [-0.2, -0.15) is 4.73 Å². The maximum atomic E-state index is 11.7. The van der Waals surface area contributed by atoms with Crippen molar-refractivity contribution in [3.05, 3.63) is 71.2 Å². The van der Waals surface area contributed by atoms with Gasteiger partial charge in [0.15, 0.2) is 12.8 Å². The monoisotopic (exact) mass is 314 g/mol. The number of pyridine rings is 1. The maximum Gasteiger partial charge on any atom is 0.405 e. The van der Waals surface area contributed by atoms with E-state index < -0.39 is 18.5 Å². The van der Waals surface area contributed by atoms with E-state index in [-0.39, 0.29) is 11.6 Å². The fraction of sp³-hybridized carbons (Fsp3) is 0.235. The van der Waals surface area contributed by atoms with Crippen LogP contribution < -0.4 is 10.0 Å². The molecule has 6 heteroatoms. The zero-order chi connectivity index (χ0) is 16.7. The molecule has 1 heterocycles. The average molecular weight is 314 g/mol. The van der Waals surface area contributed by atoms with Crippen molar-refractivity contribution >= 4 is 11.9 Å². The Labute approximate surface area is 134 Å². The molecule has 1 N–H and O–H groups in total. The summed E-state index contributed by atoms with van der Waals surface area (Å²) in [6.45, 7) is 2.01. The lowest BCUT2D eigenvalue weighted by atomic mass is 10.0. The van der Waals surface area contributed by atoms with E-state index in [0.717, 1.165) is 5.56 Å². The Morgan fingerprint density at radius 3 is 2.57 bits per heavy atom. The molecule has 2 rings (SSSR count). The Morgan fingerprint density at radius 2 is 1.87 bits per heavy atom. The number of hydrogen-bond acceptors (Lipinski definition) is 4. The summed E-state index contributed by atoms with van der Waals surface area (Å²) >= 11 is 0. The van der Waals surface area contributed by atoms with Crippen LogP contribution in [-0.4, -0.2) is 25.0 Å². The van der Waals surface area contributed by atoms with Gasteiger partial charge in [-0.25, -0.2) is 4.79 Å². The molecule has 0 spiro atoms. The molecule has 120 valence electrons. The highest BCUT2D eigenvalue weighted by Gasteiger charge is 2.18. The summed E-state index contributed by atoms with van der Waals surface area (Å²) in [5.41, 5.74) is 0.958. The summed E-state index contributed by atoms with van der Waals surface area (Å²) in [6.07, 6.45) is 1.19. The van der Waals surface area contributed by atoms with Crippen LogP contribution in [0.15, 0.2) is 54.7 Å². The summed E-state index contributed by atoms with van der Waals surface area (Å²) in [5.74, 6) is -1.09. The van der Waals surface area contributed by atoms with Crippen LogP contribution in [0.4, 0.5) is 0 Å². The second kappa shape index (κ2) is 7.93. The molecule has 0 fully saturated rings. The van der Waals surface area contributed by atoms with Gasteiger partial charge < -0.3 is 15.3 Å². The summed E-state index contributed by atoms with van der Waals surface area (Å²) < 4.78 is 5.24. The third kappa shape index (κ3) is 4.81. The number of nitrogens with one attached hydrogen (secondary N) is 1. The molecule has 0 aliphatic heterocycles. The Balaban J connectivity index is 1.77. The van der Waals surface area contributed by atoms with Crippen LogP contribution in [0.2, 0.25) is 0 Å². The van der Waals surface area contributed by atoms with Gasteiger partial charge in [0.2, 0.25) is 0 Å². The van der Waals surface area contributed by atoms with Crippen molar-refractivity contribution in [2.45, 2.75) is 12.8 Å². The number of amides is 1. The molecular formula is C17H18N2O4. The number of carbonyl (C=O) groups excluding carboxylic acids is 2. The van der Waals surface area contributed by atoms with E-state index in [0.29, 0.717) is 11.3 Å². The minimum atomic E-state index is -0.827. The highest BCUT2D eigenvalue weighted by Crippen LogP contribution is 2.12. The van der Waals surface area contributed by atoms with Crippen LogP contribution in [0.1, 0.15) is 28.9 Å². The SMILES string of the molecule is C[C@H](CNC(=O)COC(=O)c1cccc[n+]1[O-])c1ccccc1. The van der Waals surface area contributed by atoms with Crippen LogP contribution in [0.25, 0.3) is 0 Å². The number of rotatable bonds is 6. The summed E-state index contributed by atoms with van der Waals surface area (Å²) in [5, 5.41) is 14.1. The molecule has 0 aliphatic rings. The summed E-state index contributed by atoms with van der Waals surface area (Å²) in [4.78, 5) is 23.4. The van der Waals surface area contributed by atoms with Gasteiger partial charge in [0.25, 0.3) is 5.91 Å². The van der Waals surface area contributed by atoms with E-state index >= 15 is 0 Å². The lowest BCUT2D eigenvalue weighted by Crippen LogP contribution is -2.36. The van der Waals surface area contributed by atoms with E-state index in [4.69, 9.17) is 4.74 Å². The molecule has 0 bridgehead atoms. The molecule has 1 aromatic heterocycles. The molecule has 0 radical (unpaired) electrons. The molecule has 1 amide bonds. The number of esters is 1. The van der Waals surface area contributed by atoms with E-state index in [2.05, 4.69) is 5.32 Å². The minimum Gasteiger partial charge on any atom is -0.618 e. The van der Waals surface area contributed by atoms with Gasteiger partial charge in [0.05, 0.1) is 0 Å². The van der Waals surface area contributed by atoms with Crippen LogP contribution >= 0.6 is 0 Å². The first-order valence-electron chi connectivity index (χ1n) is 7.25. The Hall–Kier alpha value is -2.89. The predicted octanol–water partition coefficient (Wildman–Crippen LogP) is 1.40. The number of ether oxygens (including phenoxy) is 1. The Bertz CT molecular complexity index is 673. The van der Waals surface area contributed by atoms with Gasteiger partial charge in [-0.15, -0.1) is 0 Å².